The van der Waals surface area contributed by atoms with Gasteiger partial charge in [0.05, 0.1) is 16.6 Å². The molecular formula is C17H15N3OS. The summed E-state index contributed by atoms with van der Waals surface area (Å²) in [5.41, 5.74) is 7.37. The molecule has 1 aliphatic rings. The van der Waals surface area contributed by atoms with E-state index >= 15 is 0 Å². The van der Waals surface area contributed by atoms with E-state index in [1.165, 1.54) is 0 Å². The lowest BCUT2D eigenvalue weighted by Gasteiger charge is -2.16. The summed E-state index contributed by atoms with van der Waals surface area (Å²) >= 11 is 1.65. The molecule has 0 spiro atoms. The number of pyridine rings is 1. The highest BCUT2D eigenvalue weighted by atomic mass is 32.1. The molecule has 2 aromatic heterocycles. The van der Waals surface area contributed by atoms with Crippen LogP contribution in [-0.2, 0) is 10.2 Å². The maximum atomic E-state index is 12.6. The van der Waals surface area contributed by atoms with Crippen molar-refractivity contribution in [2.24, 2.45) is 0 Å². The monoisotopic (exact) mass is 309 g/mol. The quantitative estimate of drug-likeness (QED) is 0.726. The number of hydrogen-bond donors (Lipinski definition) is 2. The molecule has 4 rings (SSSR count). The van der Waals surface area contributed by atoms with Crippen molar-refractivity contribution < 1.29 is 4.79 Å². The van der Waals surface area contributed by atoms with Gasteiger partial charge in [0.1, 0.15) is 0 Å². The standard InChI is InChI=1S/C17H15N3OS/c21-16(17(8-9-17)15-7-3-11-22-15)20-19-14-6-1-5-13-12(14)4-2-10-18-13/h1-7,10-11,19H,8-9H2,(H,20,21). The normalized spacial score (nSPS) is 15.5. The van der Waals surface area contributed by atoms with Gasteiger partial charge in [-0.15, -0.1) is 11.3 Å². The van der Waals surface area contributed by atoms with E-state index in [1.807, 2.05) is 47.8 Å². The number of amides is 1. The number of carbonyl (C=O) groups excluding carboxylic acids is 1. The third-order valence-electron chi connectivity index (χ3n) is 4.13. The van der Waals surface area contributed by atoms with Crippen molar-refractivity contribution in [3.05, 3.63) is 58.9 Å². The van der Waals surface area contributed by atoms with Gasteiger partial charge in [0.2, 0.25) is 5.91 Å². The van der Waals surface area contributed by atoms with Crippen molar-refractivity contribution in [2.45, 2.75) is 18.3 Å². The third kappa shape index (κ3) is 2.14. The SMILES string of the molecule is O=C(NNc1cccc2ncccc12)C1(c2cccs2)CC1. The largest absolute Gasteiger partial charge is 0.298 e. The van der Waals surface area contributed by atoms with E-state index in [0.29, 0.717) is 0 Å². The molecule has 1 aromatic carbocycles. The molecule has 0 bridgehead atoms. The first-order valence-corrected chi connectivity index (χ1v) is 8.12. The Bertz CT molecular complexity index is 820. The van der Waals surface area contributed by atoms with Gasteiger partial charge in [-0.3, -0.25) is 20.6 Å². The lowest BCUT2D eigenvalue weighted by molar-refractivity contribution is -0.123. The fourth-order valence-corrected chi connectivity index (χ4v) is 3.70. The maximum Gasteiger partial charge on any atom is 0.249 e. The van der Waals surface area contributed by atoms with Gasteiger partial charge in [0, 0.05) is 16.5 Å². The van der Waals surface area contributed by atoms with Crippen molar-refractivity contribution in [3.63, 3.8) is 0 Å². The summed E-state index contributed by atoms with van der Waals surface area (Å²) in [7, 11) is 0. The summed E-state index contributed by atoms with van der Waals surface area (Å²) in [6, 6.07) is 13.7. The molecule has 2 N–H and O–H groups in total. The number of rotatable bonds is 4. The van der Waals surface area contributed by atoms with E-state index in [2.05, 4.69) is 15.8 Å². The molecule has 1 aliphatic carbocycles. The number of hydrogen-bond acceptors (Lipinski definition) is 4. The number of fused-ring (bicyclic) bond motifs is 1. The Labute approximate surface area is 132 Å². The second kappa shape index (κ2) is 5.10. The van der Waals surface area contributed by atoms with Gasteiger partial charge in [0.15, 0.2) is 0 Å². The molecular weight excluding hydrogens is 294 g/mol. The molecule has 0 saturated heterocycles. The fraction of sp³-hybridized carbons (Fsp3) is 0.176. The maximum absolute atomic E-state index is 12.6. The van der Waals surface area contributed by atoms with E-state index in [0.717, 1.165) is 34.3 Å². The van der Waals surface area contributed by atoms with Crippen molar-refractivity contribution in [3.8, 4) is 0 Å². The minimum absolute atomic E-state index is 0.0378. The number of nitrogens with zero attached hydrogens (tertiary/aromatic N) is 1. The predicted octanol–water partition coefficient (Wildman–Crippen LogP) is 3.47. The second-order valence-electron chi connectivity index (χ2n) is 5.51. The molecule has 1 saturated carbocycles. The van der Waals surface area contributed by atoms with Gasteiger partial charge >= 0.3 is 0 Å². The smallest absolute Gasteiger partial charge is 0.249 e. The van der Waals surface area contributed by atoms with E-state index < -0.39 is 0 Å². The van der Waals surface area contributed by atoms with Gasteiger partial charge in [-0.2, -0.15) is 0 Å². The van der Waals surface area contributed by atoms with E-state index in [4.69, 9.17) is 0 Å². The molecule has 1 amide bonds. The highest BCUT2D eigenvalue weighted by Crippen LogP contribution is 2.50. The highest BCUT2D eigenvalue weighted by Gasteiger charge is 2.52. The van der Waals surface area contributed by atoms with Crippen LogP contribution in [0, 0.1) is 0 Å². The topological polar surface area (TPSA) is 54.0 Å². The van der Waals surface area contributed by atoms with E-state index in [1.54, 1.807) is 17.5 Å². The average molecular weight is 309 g/mol. The fourth-order valence-electron chi connectivity index (χ4n) is 2.72. The summed E-state index contributed by atoms with van der Waals surface area (Å²) in [6.45, 7) is 0. The minimum atomic E-state index is -0.329. The number of hydrazine groups is 1. The Hall–Kier alpha value is -2.40. The molecule has 0 atom stereocenters. The average Bonchev–Trinajstić information content (AvgIpc) is 3.19. The van der Waals surface area contributed by atoms with Crippen LogP contribution in [0.3, 0.4) is 0 Å². The molecule has 0 aliphatic heterocycles. The van der Waals surface area contributed by atoms with Crippen molar-refractivity contribution >= 4 is 33.8 Å². The zero-order valence-electron chi connectivity index (χ0n) is 11.9. The second-order valence-corrected chi connectivity index (χ2v) is 6.46. The Morgan fingerprint density at radius 3 is 2.82 bits per heavy atom. The number of benzene rings is 1. The molecule has 4 nitrogen and oxygen atoms in total. The molecule has 2 heterocycles. The predicted molar refractivity (Wildman–Crippen MR) is 88.7 cm³/mol. The van der Waals surface area contributed by atoms with E-state index in [-0.39, 0.29) is 11.3 Å². The lowest BCUT2D eigenvalue weighted by atomic mass is 10.0. The number of nitrogens with one attached hydrogen (secondary N) is 2. The first-order chi connectivity index (χ1) is 10.8. The Morgan fingerprint density at radius 2 is 2.05 bits per heavy atom. The zero-order valence-corrected chi connectivity index (χ0v) is 12.7. The molecule has 0 radical (unpaired) electrons. The van der Waals surface area contributed by atoms with Crippen LogP contribution < -0.4 is 10.9 Å². The van der Waals surface area contributed by atoms with Crippen LogP contribution in [0.4, 0.5) is 5.69 Å². The van der Waals surface area contributed by atoms with Crippen LogP contribution in [-0.4, -0.2) is 10.9 Å². The van der Waals surface area contributed by atoms with Crippen LogP contribution in [0.5, 0.6) is 0 Å². The first kappa shape index (κ1) is 13.3. The number of anilines is 1. The van der Waals surface area contributed by atoms with Gasteiger partial charge in [0.25, 0.3) is 0 Å². The molecule has 1 fully saturated rings. The molecule has 3 aromatic rings. The highest BCUT2D eigenvalue weighted by molar-refractivity contribution is 7.10. The number of carbonyl (C=O) groups is 1. The summed E-state index contributed by atoms with van der Waals surface area (Å²) in [4.78, 5) is 18.0. The lowest BCUT2D eigenvalue weighted by Crippen LogP contribution is -2.38. The summed E-state index contributed by atoms with van der Waals surface area (Å²) < 4.78 is 0. The zero-order chi connectivity index (χ0) is 15.0. The van der Waals surface area contributed by atoms with E-state index in [9.17, 15) is 4.79 Å². The van der Waals surface area contributed by atoms with Crippen molar-refractivity contribution in [1.29, 1.82) is 0 Å². The summed E-state index contributed by atoms with van der Waals surface area (Å²) in [5.74, 6) is 0.0378. The Kier molecular flexibility index (Phi) is 3.08. The van der Waals surface area contributed by atoms with Gasteiger partial charge < -0.3 is 0 Å². The molecule has 110 valence electrons. The molecule has 22 heavy (non-hydrogen) atoms. The minimum Gasteiger partial charge on any atom is -0.298 e. The third-order valence-corrected chi connectivity index (χ3v) is 5.21. The summed E-state index contributed by atoms with van der Waals surface area (Å²) in [5, 5.41) is 3.01. The molecule has 5 heteroatoms. The van der Waals surface area contributed by atoms with Crippen LogP contribution in [0.1, 0.15) is 17.7 Å². The van der Waals surface area contributed by atoms with Gasteiger partial charge in [-0.05, 0) is 48.6 Å². The van der Waals surface area contributed by atoms with Crippen molar-refractivity contribution in [2.75, 3.05) is 5.43 Å². The summed E-state index contributed by atoms with van der Waals surface area (Å²) in [6.07, 6.45) is 3.59. The Balaban J connectivity index is 1.54. The Morgan fingerprint density at radius 1 is 1.14 bits per heavy atom. The molecule has 0 unspecified atom stereocenters. The van der Waals surface area contributed by atoms with Crippen LogP contribution >= 0.6 is 11.3 Å². The number of thiophene rings is 1. The van der Waals surface area contributed by atoms with Crippen LogP contribution in [0.25, 0.3) is 10.9 Å². The van der Waals surface area contributed by atoms with Crippen LogP contribution in [0.2, 0.25) is 0 Å². The van der Waals surface area contributed by atoms with Gasteiger partial charge in [-0.25, -0.2) is 0 Å². The van der Waals surface area contributed by atoms with Crippen LogP contribution in [0.15, 0.2) is 54.0 Å². The van der Waals surface area contributed by atoms with Gasteiger partial charge in [-0.1, -0.05) is 12.1 Å². The first-order valence-electron chi connectivity index (χ1n) is 7.24. The van der Waals surface area contributed by atoms with Crippen molar-refractivity contribution in [1.82, 2.24) is 10.4 Å². The number of aromatic nitrogens is 1.